The van der Waals surface area contributed by atoms with Gasteiger partial charge in [0, 0.05) is 24.7 Å². The van der Waals surface area contributed by atoms with Gasteiger partial charge in [-0.2, -0.15) is 9.78 Å². The lowest BCUT2D eigenvalue weighted by molar-refractivity contribution is -0.390. The Kier molecular flexibility index (Phi) is 3.47. The average Bonchev–Trinajstić information content (AvgIpc) is 2.87. The lowest BCUT2D eigenvalue weighted by Crippen LogP contribution is -2.59. The molecule has 5 aliphatic carbocycles. The zero-order valence-corrected chi connectivity index (χ0v) is 15.1. The molecule has 24 heavy (non-hydrogen) atoms. The molecule has 6 aliphatic rings. The summed E-state index contributed by atoms with van der Waals surface area (Å²) < 4.78 is 6.73. The van der Waals surface area contributed by atoms with Crippen molar-refractivity contribution < 1.29 is 19.6 Å². The Labute approximate surface area is 145 Å². The molecule has 136 valence electrons. The van der Waals surface area contributed by atoms with Gasteiger partial charge in [0.15, 0.2) is 0 Å². The Balaban J connectivity index is 1.28. The van der Waals surface area contributed by atoms with Gasteiger partial charge in [-0.25, -0.2) is 0 Å². The Morgan fingerprint density at radius 3 is 2.04 bits per heavy atom. The smallest absolute Gasteiger partial charge is 0.210 e. The van der Waals surface area contributed by atoms with Crippen LogP contribution in [0.3, 0.4) is 0 Å². The van der Waals surface area contributed by atoms with E-state index in [4.69, 9.17) is 14.5 Å². The zero-order chi connectivity index (χ0) is 16.6. The van der Waals surface area contributed by atoms with Crippen molar-refractivity contribution in [2.45, 2.75) is 95.2 Å². The fourth-order valence-electron chi connectivity index (χ4n) is 6.82. The van der Waals surface area contributed by atoms with Crippen LogP contribution in [-0.4, -0.2) is 22.3 Å². The second-order valence-electron chi connectivity index (χ2n) is 10.2. The van der Waals surface area contributed by atoms with E-state index in [1.54, 1.807) is 0 Å². The Bertz CT molecular complexity index is 472. The average molecular weight is 336 g/mol. The largest absolute Gasteiger partial charge is 0.390 e. The van der Waals surface area contributed by atoms with Crippen LogP contribution < -0.4 is 0 Å². The van der Waals surface area contributed by atoms with Crippen LogP contribution in [0, 0.1) is 29.6 Å². The Morgan fingerprint density at radius 1 is 0.917 bits per heavy atom. The van der Waals surface area contributed by atoms with Crippen LogP contribution in [0.25, 0.3) is 0 Å². The Morgan fingerprint density at radius 2 is 1.50 bits per heavy atom. The quantitative estimate of drug-likeness (QED) is 0.769. The molecule has 1 saturated heterocycles. The third kappa shape index (κ3) is 2.48. The van der Waals surface area contributed by atoms with Gasteiger partial charge in [0.05, 0.1) is 5.60 Å². The van der Waals surface area contributed by atoms with Gasteiger partial charge in [-0.05, 0) is 83.0 Å². The molecule has 0 aromatic heterocycles. The second-order valence-corrected chi connectivity index (χ2v) is 10.2. The predicted molar refractivity (Wildman–Crippen MR) is 88.6 cm³/mol. The summed E-state index contributed by atoms with van der Waals surface area (Å²) in [6.07, 6.45) is 11.3. The van der Waals surface area contributed by atoms with Crippen molar-refractivity contribution in [3.8, 4) is 0 Å². The Hall–Kier alpha value is -0.160. The summed E-state index contributed by atoms with van der Waals surface area (Å²) >= 11 is 0. The van der Waals surface area contributed by atoms with Crippen molar-refractivity contribution in [1.29, 1.82) is 0 Å². The lowest BCUT2D eigenvalue weighted by atomic mass is 9.53. The van der Waals surface area contributed by atoms with Crippen molar-refractivity contribution in [2.24, 2.45) is 29.6 Å². The van der Waals surface area contributed by atoms with Gasteiger partial charge < -0.3 is 9.84 Å². The van der Waals surface area contributed by atoms with Crippen LogP contribution in [0.5, 0.6) is 0 Å². The summed E-state index contributed by atoms with van der Waals surface area (Å²) in [7, 11) is 0. The third-order valence-electron chi connectivity index (χ3n) is 7.60. The molecular weight excluding hydrogens is 304 g/mol. The summed E-state index contributed by atoms with van der Waals surface area (Å²) in [5, 5.41) is 10.1. The van der Waals surface area contributed by atoms with Crippen molar-refractivity contribution in [1.82, 2.24) is 0 Å². The van der Waals surface area contributed by atoms with E-state index in [-0.39, 0.29) is 0 Å². The molecule has 4 nitrogen and oxygen atoms in total. The van der Waals surface area contributed by atoms with E-state index in [1.807, 2.05) is 13.8 Å². The van der Waals surface area contributed by atoms with Crippen LogP contribution >= 0.6 is 0 Å². The van der Waals surface area contributed by atoms with Crippen molar-refractivity contribution in [3.05, 3.63) is 0 Å². The maximum Gasteiger partial charge on any atom is 0.210 e. The third-order valence-corrected chi connectivity index (χ3v) is 7.60. The van der Waals surface area contributed by atoms with Gasteiger partial charge in [0.2, 0.25) is 11.6 Å². The summed E-state index contributed by atoms with van der Waals surface area (Å²) in [6, 6.07) is 0. The molecule has 2 spiro atoms. The normalized spacial score (nSPS) is 53.4. The van der Waals surface area contributed by atoms with E-state index in [2.05, 4.69) is 0 Å². The second kappa shape index (κ2) is 5.18. The number of rotatable bonds is 2. The van der Waals surface area contributed by atoms with E-state index in [1.165, 1.54) is 32.1 Å². The van der Waals surface area contributed by atoms with Gasteiger partial charge in [-0.1, -0.05) is 0 Å². The first-order valence-corrected chi connectivity index (χ1v) is 10.2. The zero-order valence-electron chi connectivity index (χ0n) is 15.1. The minimum Gasteiger partial charge on any atom is -0.390 e. The molecule has 6 rings (SSSR count). The summed E-state index contributed by atoms with van der Waals surface area (Å²) in [5.74, 6) is 2.53. The van der Waals surface area contributed by atoms with Crippen molar-refractivity contribution in [3.63, 3.8) is 0 Å². The van der Waals surface area contributed by atoms with Gasteiger partial charge in [0.1, 0.15) is 0 Å². The monoisotopic (exact) mass is 336 g/mol. The molecule has 1 N–H and O–H groups in total. The highest BCUT2D eigenvalue weighted by Crippen LogP contribution is 2.63. The fraction of sp³-hybridized carbons (Fsp3) is 1.00. The molecule has 6 fully saturated rings. The summed E-state index contributed by atoms with van der Waals surface area (Å²) in [4.78, 5) is 12.0. The number of ether oxygens (including phenoxy) is 1. The minimum absolute atomic E-state index is 0.434. The van der Waals surface area contributed by atoms with Crippen molar-refractivity contribution >= 4 is 0 Å². The van der Waals surface area contributed by atoms with Crippen LogP contribution in [0.1, 0.15) is 78.1 Å². The first-order valence-electron chi connectivity index (χ1n) is 10.2. The first-order chi connectivity index (χ1) is 11.4. The van der Waals surface area contributed by atoms with E-state index in [0.29, 0.717) is 17.8 Å². The van der Waals surface area contributed by atoms with Crippen molar-refractivity contribution in [2.75, 3.05) is 0 Å². The molecule has 0 amide bonds. The molecule has 4 bridgehead atoms. The topological polar surface area (TPSA) is 47.9 Å². The number of aliphatic hydroxyl groups is 1. The highest BCUT2D eigenvalue weighted by atomic mass is 17.3. The van der Waals surface area contributed by atoms with E-state index >= 15 is 0 Å². The number of hydrogen-bond donors (Lipinski definition) is 1. The molecule has 4 heteroatoms. The van der Waals surface area contributed by atoms with Gasteiger partial charge >= 0.3 is 0 Å². The van der Waals surface area contributed by atoms with E-state index < -0.39 is 17.2 Å². The molecule has 0 atom stereocenters. The molecule has 0 aromatic carbocycles. The molecule has 0 unspecified atom stereocenters. The predicted octanol–water partition coefficient (Wildman–Crippen LogP) is 4.16. The molecular formula is C20H32O4. The minimum atomic E-state index is -0.578. The summed E-state index contributed by atoms with van der Waals surface area (Å²) in [5.41, 5.74) is -0.578. The summed E-state index contributed by atoms with van der Waals surface area (Å²) in [6.45, 7) is 3.82. The van der Waals surface area contributed by atoms with Crippen LogP contribution in [0.2, 0.25) is 0 Å². The van der Waals surface area contributed by atoms with E-state index in [0.717, 1.165) is 43.9 Å². The lowest BCUT2D eigenvalue weighted by Gasteiger charge is -2.57. The SMILES string of the molecule is CC(C)(O)CC1CCC2(CC1)OOC1(O2)C2CC3CC(C2)CC1C3. The standard InChI is InChI=1S/C20H32O4/c1-18(2,21)12-13-3-5-19(6-4-13)22-20(24-23-19)16-8-14-7-15(10-16)11-17(20)9-14/h13-17,21H,3-12H2,1-2H3. The van der Waals surface area contributed by atoms with Crippen LogP contribution in [0.4, 0.5) is 0 Å². The molecule has 0 radical (unpaired) electrons. The first kappa shape index (κ1) is 16.0. The molecule has 1 aliphatic heterocycles. The van der Waals surface area contributed by atoms with Crippen LogP contribution in [0.15, 0.2) is 0 Å². The highest BCUT2D eigenvalue weighted by Gasteiger charge is 2.66. The van der Waals surface area contributed by atoms with E-state index in [9.17, 15) is 5.11 Å². The van der Waals surface area contributed by atoms with Gasteiger partial charge in [-0.15, -0.1) is 0 Å². The molecule has 1 heterocycles. The fourth-order valence-corrected chi connectivity index (χ4v) is 6.82. The number of hydrogen-bond acceptors (Lipinski definition) is 4. The van der Waals surface area contributed by atoms with Crippen LogP contribution in [-0.2, 0) is 14.5 Å². The highest BCUT2D eigenvalue weighted by molar-refractivity contribution is 5.05. The molecule has 5 saturated carbocycles. The van der Waals surface area contributed by atoms with Gasteiger partial charge in [-0.3, -0.25) is 0 Å². The molecule has 0 aromatic rings. The van der Waals surface area contributed by atoms with Gasteiger partial charge in [0.25, 0.3) is 0 Å². The maximum atomic E-state index is 10.1. The maximum absolute atomic E-state index is 10.1.